The van der Waals surface area contributed by atoms with Gasteiger partial charge in [-0.05, 0) is 42.0 Å². The van der Waals surface area contributed by atoms with E-state index >= 15 is 0 Å². The van der Waals surface area contributed by atoms with E-state index < -0.39 is 0 Å². The Morgan fingerprint density at radius 1 is 0.786 bits per heavy atom. The fraction of sp³-hybridized carbons (Fsp3) is 0.0909. The zero-order valence-corrected chi connectivity index (χ0v) is 15.8. The molecule has 5 rings (SSSR count). The smallest absolute Gasteiger partial charge is 0.123 e. The first-order valence-electron chi connectivity index (χ1n) is 9.03. The van der Waals surface area contributed by atoms with E-state index in [1.807, 2.05) is 6.20 Å². The van der Waals surface area contributed by atoms with E-state index in [0.29, 0.717) is 13.1 Å². The van der Waals surface area contributed by atoms with E-state index in [1.54, 1.807) is 28.6 Å². The van der Waals surface area contributed by atoms with Crippen LogP contribution in [0.5, 0.6) is 0 Å². The molecule has 0 unspecified atom stereocenters. The molecule has 0 bridgehead atoms. The number of fused-ring (bicyclic) bond motifs is 2. The third-order valence-corrected chi connectivity index (χ3v) is 5.83. The van der Waals surface area contributed by atoms with Gasteiger partial charge in [-0.15, -0.1) is 5.10 Å². The maximum Gasteiger partial charge on any atom is 0.123 e. The average Bonchev–Trinajstić information content (AvgIpc) is 3.16. The Morgan fingerprint density at radius 3 is 2.11 bits per heavy atom. The zero-order valence-electron chi connectivity index (χ0n) is 15.0. The SMILES string of the molecule is Fc1ccc(Cn2cc(CN3c4ccccc4Sc4ccccc43)nn2)cc1. The second-order valence-electron chi connectivity index (χ2n) is 6.66. The van der Waals surface area contributed by atoms with E-state index in [9.17, 15) is 4.39 Å². The van der Waals surface area contributed by atoms with Gasteiger partial charge in [-0.2, -0.15) is 0 Å². The van der Waals surface area contributed by atoms with Gasteiger partial charge >= 0.3 is 0 Å². The molecule has 0 spiro atoms. The maximum atomic E-state index is 13.1. The minimum atomic E-state index is -0.233. The second kappa shape index (κ2) is 7.13. The number of hydrogen-bond donors (Lipinski definition) is 0. The highest BCUT2D eigenvalue weighted by Gasteiger charge is 2.23. The highest BCUT2D eigenvalue weighted by molar-refractivity contribution is 7.99. The second-order valence-corrected chi connectivity index (χ2v) is 7.74. The van der Waals surface area contributed by atoms with Gasteiger partial charge in [0.1, 0.15) is 11.5 Å². The van der Waals surface area contributed by atoms with Crippen molar-refractivity contribution in [3.63, 3.8) is 0 Å². The van der Waals surface area contributed by atoms with Crippen molar-refractivity contribution < 1.29 is 4.39 Å². The standard InChI is InChI=1S/C22H17FN4S/c23-17-11-9-16(10-12-17)13-26-14-18(24-25-26)15-27-19-5-1-3-7-21(19)28-22-8-4-2-6-20(22)27/h1-12,14H,13,15H2. The number of para-hydroxylation sites is 2. The van der Waals surface area contributed by atoms with Crippen LogP contribution < -0.4 is 4.90 Å². The molecule has 138 valence electrons. The zero-order chi connectivity index (χ0) is 18.9. The largest absolute Gasteiger partial charge is 0.333 e. The van der Waals surface area contributed by atoms with Crippen molar-refractivity contribution in [2.45, 2.75) is 22.9 Å². The molecule has 0 aliphatic carbocycles. The Hall–Kier alpha value is -3.12. The Morgan fingerprint density at radius 2 is 1.43 bits per heavy atom. The highest BCUT2D eigenvalue weighted by atomic mass is 32.2. The van der Waals surface area contributed by atoms with E-state index in [4.69, 9.17) is 0 Å². The van der Waals surface area contributed by atoms with Crippen LogP contribution in [0.1, 0.15) is 11.3 Å². The molecular formula is C22H17FN4S. The van der Waals surface area contributed by atoms with Crippen LogP contribution in [0.15, 0.2) is 88.8 Å². The molecular weight excluding hydrogens is 371 g/mol. The molecule has 4 aromatic rings. The van der Waals surface area contributed by atoms with Gasteiger partial charge in [-0.25, -0.2) is 9.07 Å². The third-order valence-electron chi connectivity index (χ3n) is 4.70. The quantitative estimate of drug-likeness (QED) is 0.477. The first-order valence-corrected chi connectivity index (χ1v) is 9.85. The molecule has 0 fully saturated rings. The van der Waals surface area contributed by atoms with Gasteiger partial charge in [0.2, 0.25) is 0 Å². The molecule has 0 atom stereocenters. The molecule has 0 N–H and O–H groups in total. The van der Waals surface area contributed by atoms with E-state index in [2.05, 4.69) is 63.7 Å². The molecule has 0 radical (unpaired) electrons. The van der Waals surface area contributed by atoms with Crippen molar-refractivity contribution in [1.82, 2.24) is 15.0 Å². The minimum Gasteiger partial charge on any atom is -0.333 e. The van der Waals surface area contributed by atoms with Crippen LogP contribution in [0, 0.1) is 5.82 Å². The fourth-order valence-electron chi connectivity index (χ4n) is 3.38. The normalized spacial score (nSPS) is 12.5. The summed E-state index contributed by atoms with van der Waals surface area (Å²) in [6, 6.07) is 23.3. The van der Waals surface area contributed by atoms with Crippen molar-refractivity contribution in [1.29, 1.82) is 0 Å². The maximum absolute atomic E-state index is 13.1. The Bertz CT molecular complexity index is 1080. The van der Waals surface area contributed by atoms with Crippen molar-refractivity contribution >= 4 is 23.1 Å². The monoisotopic (exact) mass is 388 g/mol. The summed E-state index contributed by atoms with van der Waals surface area (Å²) in [5.74, 6) is -0.233. The fourth-order valence-corrected chi connectivity index (χ4v) is 4.47. The third kappa shape index (κ3) is 3.27. The molecule has 1 aliphatic rings. The topological polar surface area (TPSA) is 34.0 Å². The molecule has 28 heavy (non-hydrogen) atoms. The van der Waals surface area contributed by atoms with Crippen LogP contribution in [-0.4, -0.2) is 15.0 Å². The lowest BCUT2D eigenvalue weighted by molar-refractivity contribution is 0.621. The minimum absolute atomic E-state index is 0.233. The van der Waals surface area contributed by atoms with Gasteiger partial charge in [0.15, 0.2) is 0 Å². The molecule has 0 saturated carbocycles. The average molecular weight is 388 g/mol. The Balaban J connectivity index is 1.42. The van der Waals surface area contributed by atoms with Crippen molar-refractivity contribution in [3.05, 3.63) is 96.1 Å². The van der Waals surface area contributed by atoms with Crippen molar-refractivity contribution in [2.75, 3.05) is 4.90 Å². The number of anilines is 2. The predicted octanol–water partition coefficient (Wildman–Crippen LogP) is 5.27. The summed E-state index contributed by atoms with van der Waals surface area (Å²) in [5, 5.41) is 8.61. The van der Waals surface area contributed by atoms with E-state index in [0.717, 1.165) is 11.3 Å². The van der Waals surface area contributed by atoms with Gasteiger partial charge in [-0.3, -0.25) is 0 Å². The van der Waals surface area contributed by atoms with Gasteiger partial charge in [-0.1, -0.05) is 53.4 Å². The highest BCUT2D eigenvalue weighted by Crippen LogP contribution is 2.48. The van der Waals surface area contributed by atoms with Gasteiger partial charge in [0.25, 0.3) is 0 Å². The number of halogens is 1. The molecule has 1 aliphatic heterocycles. The lowest BCUT2D eigenvalue weighted by Gasteiger charge is -2.32. The van der Waals surface area contributed by atoms with Crippen LogP contribution >= 0.6 is 11.8 Å². The summed E-state index contributed by atoms with van der Waals surface area (Å²) in [6.45, 7) is 1.20. The van der Waals surface area contributed by atoms with Crippen LogP contribution in [0.4, 0.5) is 15.8 Å². The molecule has 0 saturated heterocycles. The lowest BCUT2D eigenvalue weighted by atomic mass is 10.2. The molecule has 2 heterocycles. The summed E-state index contributed by atoms with van der Waals surface area (Å²) in [5.41, 5.74) is 4.24. The van der Waals surface area contributed by atoms with E-state index in [-0.39, 0.29) is 5.82 Å². The van der Waals surface area contributed by atoms with Gasteiger partial charge < -0.3 is 4.90 Å². The van der Waals surface area contributed by atoms with E-state index in [1.165, 1.54) is 33.3 Å². The molecule has 1 aromatic heterocycles. The van der Waals surface area contributed by atoms with Crippen LogP contribution in [0.25, 0.3) is 0 Å². The first-order chi connectivity index (χ1) is 13.8. The van der Waals surface area contributed by atoms with Gasteiger partial charge in [0, 0.05) is 9.79 Å². The molecule has 6 heteroatoms. The van der Waals surface area contributed by atoms with Crippen LogP contribution in [0.2, 0.25) is 0 Å². The van der Waals surface area contributed by atoms with Gasteiger partial charge in [0.05, 0.1) is 30.7 Å². The number of hydrogen-bond acceptors (Lipinski definition) is 4. The Labute approximate surface area is 166 Å². The van der Waals surface area contributed by atoms with Crippen LogP contribution in [-0.2, 0) is 13.1 Å². The number of aromatic nitrogens is 3. The molecule has 4 nitrogen and oxygen atoms in total. The lowest BCUT2D eigenvalue weighted by Crippen LogP contribution is -2.20. The summed E-state index contributed by atoms with van der Waals surface area (Å²) < 4.78 is 14.9. The van der Waals surface area contributed by atoms with Crippen molar-refractivity contribution in [3.8, 4) is 0 Å². The summed E-state index contributed by atoms with van der Waals surface area (Å²) >= 11 is 1.79. The number of benzene rings is 3. The predicted molar refractivity (Wildman–Crippen MR) is 108 cm³/mol. The number of nitrogens with zero attached hydrogens (tertiary/aromatic N) is 4. The first kappa shape index (κ1) is 17.0. The summed E-state index contributed by atoms with van der Waals surface area (Å²) in [4.78, 5) is 4.76. The summed E-state index contributed by atoms with van der Waals surface area (Å²) in [7, 11) is 0. The Kier molecular flexibility index (Phi) is 4.33. The summed E-state index contributed by atoms with van der Waals surface area (Å²) in [6.07, 6.45) is 1.95. The number of rotatable bonds is 4. The molecule has 3 aromatic carbocycles. The van der Waals surface area contributed by atoms with Crippen molar-refractivity contribution in [2.24, 2.45) is 0 Å². The molecule has 0 amide bonds. The van der Waals surface area contributed by atoms with Crippen LogP contribution in [0.3, 0.4) is 0 Å².